The van der Waals surface area contributed by atoms with Gasteiger partial charge in [0.25, 0.3) is 0 Å². The molecule has 3 nitrogen and oxygen atoms in total. The molecule has 0 aliphatic heterocycles. The van der Waals surface area contributed by atoms with E-state index in [0.717, 1.165) is 44.5 Å². The zero-order valence-electron chi connectivity index (χ0n) is 27.8. The molecule has 1 radical (unpaired) electrons. The standard InChI is InChI=1S/C28H24NO.C14H16NSi.Ir/c1-18(2)19(3)21-13-14-29-26(16-21)23-9-11-24-25-15-22(20-7-5-4-6-8-20)10-12-27(25)30-28(24)17-23;1-16(2,3)13-9-10-14(15-11-13)12-7-5-4-6-8-12;/h4-16,18-19H,1-3H3;4-7,9-11H,1-3H3;/q2*-1;. The quantitative estimate of drug-likeness (QED) is 0.124. The van der Waals surface area contributed by atoms with Crippen LogP contribution in [-0.4, -0.2) is 18.0 Å². The molecule has 1 atom stereocenters. The van der Waals surface area contributed by atoms with Gasteiger partial charge in [-0.15, -0.1) is 53.6 Å². The van der Waals surface area contributed by atoms with Crippen LogP contribution in [0, 0.1) is 18.1 Å². The molecule has 0 saturated carbocycles. The molecule has 1 unspecified atom stereocenters. The van der Waals surface area contributed by atoms with Gasteiger partial charge in [-0.05, 0) is 57.1 Å². The first-order chi connectivity index (χ1) is 22.2. The van der Waals surface area contributed by atoms with Crippen LogP contribution in [0.4, 0.5) is 0 Å². The molecule has 239 valence electrons. The Morgan fingerprint density at radius 2 is 1.47 bits per heavy atom. The number of pyridine rings is 2. The number of aromatic nitrogens is 2. The average Bonchev–Trinajstić information content (AvgIpc) is 3.46. The summed E-state index contributed by atoms with van der Waals surface area (Å²) in [5, 5.41) is 3.59. The Kier molecular flexibility index (Phi) is 10.7. The molecule has 47 heavy (non-hydrogen) atoms. The number of nitrogens with zero attached hydrogens (tertiary/aromatic N) is 2. The minimum atomic E-state index is -1.23. The van der Waals surface area contributed by atoms with Gasteiger partial charge < -0.3 is 14.4 Å². The number of rotatable bonds is 6. The average molecular weight is 809 g/mol. The number of benzene rings is 4. The molecular weight excluding hydrogens is 769 g/mol. The summed E-state index contributed by atoms with van der Waals surface area (Å²) in [6.45, 7) is 13.8. The summed E-state index contributed by atoms with van der Waals surface area (Å²) < 4.78 is 6.14. The summed E-state index contributed by atoms with van der Waals surface area (Å²) in [6.07, 6.45) is 3.91. The fourth-order valence-electron chi connectivity index (χ4n) is 5.48. The minimum absolute atomic E-state index is 0. The topological polar surface area (TPSA) is 38.9 Å². The van der Waals surface area contributed by atoms with Crippen molar-refractivity contribution in [2.45, 2.75) is 46.3 Å². The van der Waals surface area contributed by atoms with Crippen molar-refractivity contribution in [3.8, 4) is 33.6 Å². The smallest absolute Gasteiger partial charge is 0.123 e. The molecule has 0 spiro atoms. The molecular formula is C42H40IrN2OSi-2. The molecule has 0 amide bonds. The van der Waals surface area contributed by atoms with E-state index in [2.05, 4.69) is 135 Å². The van der Waals surface area contributed by atoms with Crippen LogP contribution in [0.25, 0.3) is 55.6 Å². The number of hydrogen-bond acceptors (Lipinski definition) is 3. The van der Waals surface area contributed by atoms with Gasteiger partial charge in [0, 0.05) is 32.5 Å². The summed E-state index contributed by atoms with van der Waals surface area (Å²) >= 11 is 0. The molecule has 0 aliphatic carbocycles. The third-order valence-corrected chi connectivity index (χ3v) is 10.7. The zero-order valence-corrected chi connectivity index (χ0v) is 31.2. The Hall–Kier alpha value is -4.15. The normalized spacial score (nSPS) is 12.0. The number of furan rings is 1. The Balaban J connectivity index is 0.000000217. The largest absolute Gasteiger partial charge is 0.477 e. The summed E-state index contributed by atoms with van der Waals surface area (Å²) in [6, 6.07) is 44.2. The van der Waals surface area contributed by atoms with Gasteiger partial charge in [0.05, 0.1) is 13.7 Å². The van der Waals surface area contributed by atoms with Crippen molar-refractivity contribution < 1.29 is 24.5 Å². The zero-order chi connectivity index (χ0) is 32.3. The molecule has 0 saturated heterocycles. The van der Waals surface area contributed by atoms with E-state index < -0.39 is 8.07 Å². The predicted octanol–water partition coefficient (Wildman–Crippen LogP) is 11.0. The molecule has 3 aromatic heterocycles. The van der Waals surface area contributed by atoms with E-state index in [1.807, 2.05) is 48.8 Å². The van der Waals surface area contributed by atoms with Gasteiger partial charge in [-0.2, -0.15) is 0 Å². The first-order valence-corrected chi connectivity index (χ1v) is 19.5. The van der Waals surface area contributed by atoms with E-state index in [-0.39, 0.29) is 20.1 Å². The van der Waals surface area contributed by atoms with Gasteiger partial charge in [-0.3, -0.25) is 0 Å². The SMILES string of the molecule is CC(C)C(C)c1ccnc(-c2[c-]c3oc4ccc(-c5ccccc5)cc4c3cc2)c1.C[Si](C)(C)c1ccc(-c2[c-]cccc2)nc1.[Ir]. The van der Waals surface area contributed by atoms with Gasteiger partial charge in [0.1, 0.15) is 5.58 Å². The van der Waals surface area contributed by atoms with Gasteiger partial charge in [-0.25, -0.2) is 0 Å². The molecule has 4 aromatic carbocycles. The van der Waals surface area contributed by atoms with Crippen LogP contribution in [0.2, 0.25) is 19.6 Å². The molecule has 7 rings (SSSR count). The summed E-state index contributed by atoms with van der Waals surface area (Å²) in [5.74, 6) is 1.07. The Labute approximate surface area is 293 Å². The van der Waals surface area contributed by atoms with E-state index in [9.17, 15) is 0 Å². The fraction of sp³-hybridized carbons (Fsp3) is 0.190. The van der Waals surface area contributed by atoms with Crippen molar-refractivity contribution in [1.29, 1.82) is 0 Å². The van der Waals surface area contributed by atoms with E-state index >= 15 is 0 Å². The third-order valence-electron chi connectivity index (χ3n) is 8.70. The second-order valence-electron chi connectivity index (χ2n) is 13.3. The first kappa shape index (κ1) is 34.2. The molecule has 0 fully saturated rings. The van der Waals surface area contributed by atoms with Gasteiger partial charge in [0.2, 0.25) is 0 Å². The second-order valence-corrected chi connectivity index (χ2v) is 18.3. The van der Waals surface area contributed by atoms with Crippen LogP contribution in [0.5, 0.6) is 0 Å². The fourth-order valence-corrected chi connectivity index (χ4v) is 6.51. The van der Waals surface area contributed by atoms with E-state index in [1.165, 1.54) is 21.9 Å². The Morgan fingerprint density at radius 3 is 2.15 bits per heavy atom. The maximum Gasteiger partial charge on any atom is 0.123 e. The number of hydrogen-bond donors (Lipinski definition) is 0. The monoisotopic (exact) mass is 809 g/mol. The van der Waals surface area contributed by atoms with Crippen LogP contribution in [0.3, 0.4) is 0 Å². The van der Waals surface area contributed by atoms with Gasteiger partial charge in [-0.1, -0.05) is 118 Å². The van der Waals surface area contributed by atoms with E-state index in [4.69, 9.17) is 4.42 Å². The van der Waals surface area contributed by atoms with Crippen molar-refractivity contribution in [3.05, 3.63) is 139 Å². The molecule has 0 N–H and O–H groups in total. The maximum atomic E-state index is 6.14. The summed E-state index contributed by atoms with van der Waals surface area (Å²) in [4.78, 5) is 9.11. The molecule has 3 heterocycles. The van der Waals surface area contributed by atoms with Crippen LogP contribution in [0.15, 0.2) is 126 Å². The number of fused-ring (bicyclic) bond motifs is 3. The molecule has 7 aromatic rings. The van der Waals surface area contributed by atoms with Crippen LogP contribution >= 0.6 is 0 Å². The first-order valence-electron chi connectivity index (χ1n) is 16.0. The Morgan fingerprint density at radius 1 is 0.681 bits per heavy atom. The van der Waals surface area contributed by atoms with Crippen molar-refractivity contribution in [2.24, 2.45) is 5.92 Å². The van der Waals surface area contributed by atoms with Crippen molar-refractivity contribution in [1.82, 2.24) is 9.97 Å². The second kappa shape index (κ2) is 14.7. The van der Waals surface area contributed by atoms with Crippen LogP contribution < -0.4 is 5.19 Å². The van der Waals surface area contributed by atoms with Gasteiger partial charge in [0.15, 0.2) is 0 Å². The molecule has 5 heteroatoms. The molecule has 0 aliphatic rings. The Bertz CT molecular complexity index is 2060. The summed E-state index contributed by atoms with van der Waals surface area (Å²) in [5.41, 5.74) is 9.31. The third kappa shape index (κ3) is 7.88. The summed E-state index contributed by atoms with van der Waals surface area (Å²) in [7, 11) is -1.23. The van der Waals surface area contributed by atoms with Crippen molar-refractivity contribution in [2.75, 3.05) is 0 Å². The van der Waals surface area contributed by atoms with Crippen LogP contribution in [0.1, 0.15) is 32.3 Å². The van der Waals surface area contributed by atoms with E-state index in [1.54, 1.807) is 0 Å². The maximum absolute atomic E-state index is 6.14. The predicted molar refractivity (Wildman–Crippen MR) is 196 cm³/mol. The van der Waals surface area contributed by atoms with Gasteiger partial charge >= 0.3 is 0 Å². The van der Waals surface area contributed by atoms with Crippen molar-refractivity contribution in [3.63, 3.8) is 0 Å². The van der Waals surface area contributed by atoms with E-state index in [0.29, 0.717) is 11.8 Å². The van der Waals surface area contributed by atoms with Crippen molar-refractivity contribution >= 4 is 35.2 Å². The molecule has 0 bridgehead atoms. The van der Waals surface area contributed by atoms with Crippen LogP contribution in [-0.2, 0) is 20.1 Å². The minimum Gasteiger partial charge on any atom is -0.477 e.